The smallest absolute Gasteiger partial charge is 0.251 e. The molecule has 1 unspecified atom stereocenters. The van der Waals surface area contributed by atoms with Crippen LogP contribution in [0.3, 0.4) is 0 Å². The molecule has 1 aliphatic rings. The highest BCUT2D eigenvalue weighted by Gasteiger charge is 2.13. The summed E-state index contributed by atoms with van der Waals surface area (Å²) < 4.78 is 0. The molecule has 1 amide bonds. The van der Waals surface area contributed by atoms with E-state index < -0.39 is 0 Å². The van der Waals surface area contributed by atoms with E-state index in [0.717, 1.165) is 18.7 Å². The fourth-order valence-corrected chi connectivity index (χ4v) is 1.94. The second kappa shape index (κ2) is 5.19. The van der Waals surface area contributed by atoms with Gasteiger partial charge in [-0.15, -0.1) is 0 Å². The molecule has 3 N–H and O–H groups in total. The number of aliphatic hydroxyl groups excluding tert-OH is 1. The highest BCUT2D eigenvalue weighted by atomic mass is 16.3. The molecule has 0 radical (unpaired) electrons. The van der Waals surface area contributed by atoms with E-state index in [9.17, 15) is 4.79 Å². The molecule has 0 spiro atoms. The summed E-state index contributed by atoms with van der Waals surface area (Å²) in [5.74, 6) is -0.0691. The van der Waals surface area contributed by atoms with Gasteiger partial charge in [0.1, 0.15) is 0 Å². The minimum atomic E-state index is -0.375. The molecule has 0 saturated heterocycles. The molecule has 92 valence electrons. The van der Waals surface area contributed by atoms with Gasteiger partial charge < -0.3 is 15.7 Å². The number of rotatable bonds is 4. The number of fused-ring (bicyclic) bond motifs is 1. The van der Waals surface area contributed by atoms with Crippen LogP contribution in [0.1, 0.15) is 29.3 Å². The Kier molecular flexibility index (Phi) is 3.64. The molecule has 0 fully saturated rings. The fraction of sp³-hybridized carbons (Fsp3) is 0.462. The highest BCUT2D eigenvalue weighted by Crippen LogP contribution is 2.22. The predicted molar refractivity (Wildman–Crippen MR) is 67.3 cm³/mol. The number of nitrogens with one attached hydrogen (secondary N) is 2. The van der Waals surface area contributed by atoms with Crippen molar-refractivity contribution in [2.24, 2.45) is 0 Å². The molecular formula is C13H18N2O2. The van der Waals surface area contributed by atoms with Crippen molar-refractivity contribution in [2.75, 3.05) is 18.4 Å². The lowest BCUT2D eigenvalue weighted by Crippen LogP contribution is -2.26. The molecule has 1 aromatic rings. The predicted octanol–water partition coefficient (Wildman–Crippen LogP) is 1.16. The zero-order chi connectivity index (χ0) is 12.3. The van der Waals surface area contributed by atoms with E-state index in [1.165, 1.54) is 5.56 Å². The van der Waals surface area contributed by atoms with Crippen LogP contribution in [0.5, 0.6) is 0 Å². The molecule has 0 bridgehead atoms. The van der Waals surface area contributed by atoms with Gasteiger partial charge in [0, 0.05) is 24.3 Å². The first-order valence-electron chi connectivity index (χ1n) is 6.00. The minimum Gasteiger partial charge on any atom is -0.393 e. The Morgan fingerprint density at radius 1 is 1.59 bits per heavy atom. The average Bonchev–Trinajstić information content (AvgIpc) is 2.75. The van der Waals surface area contributed by atoms with Gasteiger partial charge >= 0.3 is 0 Å². The maximum Gasteiger partial charge on any atom is 0.251 e. The van der Waals surface area contributed by atoms with Crippen molar-refractivity contribution < 1.29 is 9.90 Å². The second-order valence-corrected chi connectivity index (χ2v) is 4.44. The fourth-order valence-electron chi connectivity index (χ4n) is 1.94. The molecule has 1 aliphatic heterocycles. The first-order valence-corrected chi connectivity index (χ1v) is 6.00. The summed E-state index contributed by atoms with van der Waals surface area (Å²) in [4.78, 5) is 11.8. The molecule has 0 saturated carbocycles. The Morgan fingerprint density at radius 2 is 2.41 bits per heavy atom. The number of carbonyl (C=O) groups excluding carboxylic acids is 1. The van der Waals surface area contributed by atoms with Gasteiger partial charge in [-0.25, -0.2) is 0 Å². The van der Waals surface area contributed by atoms with E-state index in [2.05, 4.69) is 10.6 Å². The van der Waals surface area contributed by atoms with E-state index in [0.29, 0.717) is 18.5 Å². The Bertz CT molecular complexity index is 416. The van der Waals surface area contributed by atoms with Gasteiger partial charge in [0.2, 0.25) is 0 Å². The highest BCUT2D eigenvalue weighted by molar-refractivity contribution is 5.95. The third-order valence-corrected chi connectivity index (χ3v) is 2.92. The molecule has 17 heavy (non-hydrogen) atoms. The van der Waals surface area contributed by atoms with Gasteiger partial charge in [-0.1, -0.05) is 0 Å². The summed E-state index contributed by atoms with van der Waals surface area (Å²) in [6, 6.07) is 5.72. The van der Waals surface area contributed by atoms with E-state index in [-0.39, 0.29) is 12.0 Å². The minimum absolute atomic E-state index is 0.0691. The van der Waals surface area contributed by atoms with Crippen LogP contribution < -0.4 is 10.6 Å². The summed E-state index contributed by atoms with van der Waals surface area (Å²) in [7, 11) is 0. The van der Waals surface area contributed by atoms with Crippen LogP contribution in [0.25, 0.3) is 0 Å². The van der Waals surface area contributed by atoms with Crippen LogP contribution in [-0.4, -0.2) is 30.2 Å². The molecule has 1 aromatic carbocycles. The molecule has 1 atom stereocenters. The lowest BCUT2D eigenvalue weighted by Gasteiger charge is -2.08. The summed E-state index contributed by atoms with van der Waals surface area (Å²) in [6.45, 7) is 3.17. The first-order chi connectivity index (χ1) is 8.16. The topological polar surface area (TPSA) is 61.4 Å². The molecule has 4 nitrogen and oxygen atoms in total. The quantitative estimate of drug-likeness (QED) is 0.732. The number of hydrogen-bond donors (Lipinski definition) is 3. The van der Waals surface area contributed by atoms with Crippen LogP contribution in [-0.2, 0) is 6.42 Å². The molecule has 4 heteroatoms. The van der Waals surface area contributed by atoms with Gasteiger partial charge in [-0.2, -0.15) is 0 Å². The number of carbonyl (C=O) groups is 1. The SMILES string of the molecule is CC(O)CCNC(=O)c1ccc2c(c1)CCN2. The number of aliphatic hydroxyl groups is 1. The Balaban J connectivity index is 1.95. The van der Waals surface area contributed by atoms with Crippen LogP contribution in [0, 0.1) is 0 Å². The molecule has 0 aromatic heterocycles. The monoisotopic (exact) mass is 234 g/mol. The Hall–Kier alpha value is -1.55. The molecule has 0 aliphatic carbocycles. The van der Waals surface area contributed by atoms with Gasteiger partial charge in [0.25, 0.3) is 5.91 Å². The second-order valence-electron chi connectivity index (χ2n) is 4.44. The molecule has 1 heterocycles. The van der Waals surface area contributed by atoms with Crippen LogP contribution in [0.4, 0.5) is 5.69 Å². The van der Waals surface area contributed by atoms with Crippen molar-refractivity contribution in [1.29, 1.82) is 0 Å². The Morgan fingerprint density at radius 3 is 3.18 bits per heavy atom. The van der Waals surface area contributed by atoms with Crippen molar-refractivity contribution in [2.45, 2.75) is 25.9 Å². The van der Waals surface area contributed by atoms with Crippen molar-refractivity contribution in [3.05, 3.63) is 29.3 Å². The first kappa shape index (κ1) is 11.9. The van der Waals surface area contributed by atoms with E-state index in [1.807, 2.05) is 18.2 Å². The largest absolute Gasteiger partial charge is 0.393 e. The lowest BCUT2D eigenvalue weighted by molar-refractivity contribution is 0.0945. The van der Waals surface area contributed by atoms with Crippen molar-refractivity contribution in [3.8, 4) is 0 Å². The van der Waals surface area contributed by atoms with E-state index in [1.54, 1.807) is 6.92 Å². The van der Waals surface area contributed by atoms with E-state index in [4.69, 9.17) is 5.11 Å². The standard InChI is InChI=1S/C13H18N2O2/c1-9(16)4-6-15-13(17)11-2-3-12-10(8-11)5-7-14-12/h2-3,8-9,14,16H,4-7H2,1H3,(H,15,17). The summed E-state index contributed by atoms with van der Waals surface area (Å²) in [5.41, 5.74) is 3.02. The average molecular weight is 234 g/mol. The van der Waals surface area contributed by atoms with E-state index >= 15 is 0 Å². The normalized spacial score (nSPS) is 14.9. The van der Waals surface area contributed by atoms with Crippen LogP contribution in [0.2, 0.25) is 0 Å². The molecule has 2 rings (SSSR count). The summed E-state index contributed by atoms with van der Waals surface area (Å²) in [6.07, 6.45) is 1.18. The Labute approximate surface area is 101 Å². The lowest BCUT2D eigenvalue weighted by atomic mass is 10.1. The van der Waals surface area contributed by atoms with Gasteiger partial charge in [0.15, 0.2) is 0 Å². The maximum atomic E-state index is 11.8. The number of amides is 1. The molecular weight excluding hydrogens is 216 g/mol. The van der Waals surface area contributed by atoms with Crippen molar-refractivity contribution >= 4 is 11.6 Å². The number of anilines is 1. The summed E-state index contributed by atoms with van der Waals surface area (Å²) >= 11 is 0. The zero-order valence-corrected chi connectivity index (χ0v) is 9.99. The van der Waals surface area contributed by atoms with Crippen molar-refractivity contribution in [3.63, 3.8) is 0 Å². The van der Waals surface area contributed by atoms with Crippen LogP contribution >= 0.6 is 0 Å². The van der Waals surface area contributed by atoms with Crippen LogP contribution in [0.15, 0.2) is 18.2 Å². The third kappa shape index (κ3) is 2.97. The van der Waals surface area contributed by atoms with Gasteiger partial charge in [-0.3, -0.25) is 4.79 Å². The number of hydrogen-bond acceptors (Lipinski definition) is 3. The number of benzene rings is 1. The van der Waals surface area contributed by atoms with Gasteiger partial charge in [-0.05, 0) is 43.5 Å². The van der Waals surface area contributed by atoms with Crippen molar-refractivity contribution in [1.82, 2.24) is 5.32 Å². The zero-order valence-electron chi connectivity index (χ0n) is 9.99. The summed E-state index contributed by atoms with van der Waals surface area (Å²) in [5, 5.41) is 15.2. The van der Waals surface area contributed by atoms with Gasteiger partial charge in [0.05, 0.1) is 6.10 Å². The third-order valence-electron chi connectivity index (χ3n) is 2.92. The maximum absolute atomic E-state index is 11.8.